The number of rotatable bonds is 5. The Labute approximate surface area is 98.7 Å². The smallest absolute Gasteiger partial charge is 0.134 e. The van der Waals surface area contributed by atoms with Crippen molar-refractivity contribution < 1.29 is 9.47 Å². The maximum absolute atomic E-state index is 5.72. The minimum atomic E-state index is -0.0881. The van der Waals surface area contributed by atoms with Gasteiger partial charge in [0.15, 0.2) is 0 Å². The lowest BCUT2D eigenvalue weighted by Crippen LogP contribution is -2.31. The molecule has 0 heterocycles. The SMILES string of the molecule is COCC(CN)Oc1ccc(Br)cc1C. The number of benzene rings is 1. The van der Waals surface area contributed by atoms with Crippen LogP contribution < -0.4 is 10.5 Å². The number of hydrogen-bond acceptors (Lipinski definition) is 3. The number of ether oxygens (including phenoxy) is 2. The van der Waals surface area contributed by atoms with Gasteiger partial charge in [-0.05, 0) is 30.7 Å². The molecule has 15 heavy (non-hydrogen) atoms. The van der Waals surface area contributed by atoms with Gasteiger partial charge in [-0.2, -0.15) is 0 Å². The molecule has 0 amide bonds. The van der Waals surface area contributed by atoms with Crippen LogP contribution in [-0.4, -0.2) is 26.4 Å². The van der Waals surface area contributed by atoms with E-state index in [1.165, 1.54) is 0 Å². The third kappa shape index (κ3) is 3.81. The van der Waals surface area contributed by atoms with Crippen LogP contribution in [0.2, 0.25) is 0 Å². The normalized spacial score (nSPS) is 12.5. The Morgan fingerprint density at radius 2 is 2.20 bits per heavy atom. The first-order chi connectivity index (χ1) is 7.17. The average molecular weight is 274 g/mol. The fourth-order valence-corrected chi connectivity index (χ4v) is 1.74. The predicted octanol–water partition coefficient (Wildman–Crippen LogP) is 2.11. The summed E-state index contributed by atoms with van der Waals surface area (Å²) in [5.74, 6) is 0.853. The topological polar surface area (TPSA) is 44.5 Å². The van der Waals surface area contributed by atoms with E-state index in [9.17, 15) is 0 Å². The van der Waals surface area contributed by atoms with Gasteiger partial charge in [-0.15, -0.1) is 0 Å². The minimum Gasteiger partial charge on any atom is -0.486 e. The van der Waals surface area contributed by atoms with Crippen molar-refractivity contribution in [2.75, 3.05) is 20.3 Å². The van der Waals surface area contributed by atoms with Crippen molar-refractivity contribution in [2.24, 2.45) is 5.73 Å². The lowest BCUT2D eigenvalue weighted by molar-refractivity contribution is 0.0856. The molecule has 0 aliphatic heterocycles. The third-order valence-corrected chi connectivity index (χ3v) is 2.54. The summed E-state index contributed by atoms with van der Waals surface area (Å²) in [5, 5.41) is 0. The maximum Gasteiger partial charge on any atom is 0.134 e. The highest BCUT2D eigenvalue weighted by molar-refractivity contribution is 9.10. The van der Waals surface area contributed by atoms with E-state index in [2.05, 4.69) is 15.9 Å². The first-order valence-electron chi connectivity index (χ1n) is 4.79. The number of nitrogens with two attached hydrogens (primary N) is 1. The Balaban J connectivity index is 2.70. The van der Waals surface area contributed by atoms with Crippen LogP contribution in [0.3, 0.4) is 0 Å². The summed E-state index contributed by atoms with van der Waals surface area (Å²) in [6, 6.07) is 5.89. The third-order valence-electron chi connectivity index (χ3n) is 2.05. The molecule has 0 radical (unpaired) electrons. The highest BCUT2D eigenvalue weighted by atomic mass is 79.9. The predicted molar refractivity (Wildman–Crippen MR) is 64.2 cm³/mol. The van der Waals surface area contributed by atoms with Gasteiger partial charge in [0.05, 0.1) is 6.61 Å². The van der Waals surface area contributed by atoms with Crippen molar-refractivity contribution in [1.82, 2.24) is 0 Å². The highest BCUT2D eigenvalue weighted by Crippen LogP contribution is 2.22. The monoisotopic (exact) mass is 273 g/mol. The molecule has 0 bridgehead atoms. The molecule has 1 atom stereocenters. The van der Waals surface area contributed by atoms with E-state index in [4.69, 9.17) is 15.2 Å². The molecule has 1 rings (SSSR count). The van der Waals surface area contributed by atoms with E-state index in [1.54, 1.807) is 7.11 Å². The molecule has 0 fully saturated rings. The van der Waals surface area contributed by atoms with Gasteiger partial charge < -0.3 is 15.2 Å². The molecule has 0 spiro atoms. The number of aryl methyl sites for hydroxylation is 1. The Hall–Kier alpha value is -0.580. The zero-order valence-electron chi connectivity index (χ0n) is 9.00. The highest BCUT2D eigenvalue weighted by Gasteiger charge is 2.09. The first-order valence-corrected chi connectivity index (χ1v) is 5.58. The Morgan fingerprint density at radius 3 is 2.73 bits per heavy atom. The van der Waals surface area contributed by atoms with E-state index in [1.807, 2.05) is 25.1 Å². The summed E-state index contributed by atoms with van der Waals surface area (Å²) < 4.78 is 11.8. The van der Waals surface area contributed by atoms with Crippen molar-refractivity contribution in [3.05, 3.63) is 28.2 Å². The molecule has 0 saturated heterocycles. The van der Waals surface area contributed by atoms with Crippen molar-refractivity contribution in [3.8, 4) is 5.75 Å². The fraction of sp³-hybridized carbons (Fsp3) is 0.455. The van der Waals surface area contributed by atoms with Gasteiger partial charge in [0, 0.05) is 18.1 Å². The maximum atomic E-state index is 5.72. The van der Waals surface area contributed by atoms with Gasteiger partial charge in [0.25, 0.3) is 0 Å². The van der Waals surface area contributed by atoms with Gasteiger partial charge in [-0.3, -0.25) is 0 Å². The van der Waals surface area contributed by atoms with Crippen molar-refractivity contribution >= 4 is 15.9 Å². The zero-order chi connectivity index (χ0) is 11.3. The van der Waals surface area contributed by atoms with Crippen LogP contribution in [0.4, 0.5) is 0 Å². The molecular formula is C11H16BrNO2. The molecule has 1 aromatic rings. The molecule has 1 unspecified atom stereocenters. The molecule has 84 valence electrons. The van der Waals surface area contributed by atoms with Gasteiger partial charge in [0.1, 0.15) is 11.9 Å². The second kappa shape index (κ2) is 6.10. The van der Waals surface area contributed by atoms with Gasteiger partial charge in [-0.1, -0.05) is 15.9 Å². The Morgan fingerprint density at radius 1 is 1.47 bits per heavy atom. The Kier molecular flexibility index (Phi) is 5.08. The quantitative estimate of drug-likeness (QED) is 0.894. The standard InChI is InChI=1S/C11H16BrNO2/c1-8-5-9(12)3-4-11(8)15-10(6-13)7-14-2/h3-5,10H,6-7,13H2,1-2H3. The average Bonchev–Trinajstić information content (AvgIpc) is 2.21. The largest absolute Gasteiger partial charge is 0.486 e. The second-order valence-corrected chi connectivity index (χ2v) is 4.26. The van der Waals surface area contributed by atoms with Crippen LogP contribution in [0.25, 0.3) is 0 Å². The zero-order valence-corrected chi connectivity index (χ0v) is 10.6. The van der Waals surface area contributed by atoms with E-state index in [0.29, 0.717) is 13.2 Å². The van der Waals surface area contributed by atoms with Crippen LogP contribution in [0.15, 0.2) is 22.7 Å². The van der Waals surface area contributed by atoms with E-state index >= 15 is 0 Å². The molecule has 0 aromatic heterocycles. The fourth-order valence-electron chi connectivity index (χ4n) is 1.26. The van der Waals surface area contributed by atoms with Crippen LogP contribution in [0.1, 0.15) is 5.56 Å². The summed E-state index contributed by atoms with van der Waals surface area (Å²) in [4.78, 5) is 0. The van der Waals surface area contributed by atoms with Gasteiger partial charge in [0.2, 0.25) is 0 Å². The van der Waals surface area contributed by atoms with Crippen molar-refractivity contribution in [1.29, 1.82) is 0 Å². The van der Waals surface area contributed by atoms with Crippen molar-refractivity contribution in [3.63, 3.8) is 0 Å². The number of hydrogen-bond donors (Lipinski definition) is 1. The van der Waals surface area contributed by atoms with E-state index in [0.717, 1.165) is 15.8 Å². The van der Waals surface area contributed by atoms with Crippen LogP contribution in [-0.2, 0) is 4.74 Å². The Bertz CT molecular complexity index is 317. The molecule has 1 aromatic carbocycles. The molecule has 0 aliphatic rings. The molecule has 3 nitrogen and oxygen atoms in total. The summed E-state index contributed by atoms with van der Waals surface area (Å²) in [5.41, 5.74) is 6.65. The number of methoxy groups -OCH3 is 1. The molecule has 0 aliphatic carbocycles. The molecular weight excluding hydrogens is 258 g/mol. The van der Waals surface area contributed by atoms with Gasteiger partial charge >= 0.3 is 0 Å². The summed E-state index contributed by atoms with van der Waals surface area (Å²) in [6.07, 6.45) is -0.0881. The van der Waals surface area contributed by atoms with Crippen LogP contribution >= 0.6 is 15.9 Å². The van der Waals surface area contributed by atoms with Crippen molar-refractivity contribution in [2.45, 2.75) is 13.0 Å². The molecule has 0 saturated carbocycles. The molecule has 2 N–H and O–H groups in total. The first kappa shape index (κ1) is 12.5. The molecule has 4 heteroatoms. The second-order valence-electron chi connectivity index (χ2n) is 3.34. The lowest BCUT2D eigenvalue weighted by Gasteiger charge is -2.18. The summed E-state index contributed by atoms with van der Waals surface area (Å²) in [6.45, 7) is 2.95. The lowest BCUT2D eigenvalue weighted by atomic mass is 10.2. The van der Waals surface area contributed by atoms with E-state index in [-0.39, 0.29) is 6.10 Å². The van der Waals surface area contributed by atoms with E-state index < -0.39 is 0 Å². The minimum absolute atomic E-state index is 0.0881. The van der Waals surface area contributed by atoms with Crippen LogP contribution in [0.5, 0.6) is 5.75 Å². The van der Waals surface area contributed by atoms with Gasteiger partial charge in [-0.25, -0.2) is 0 Å². The summed E-state index contributed by atoms with van der Waals surface area (Å²) >= 11 is 3.41. The summed E-state index contributed by atoms with van der Waals surface area (Å²) in [7, 11) is 1.64. The number of halogens is 1. The van der Waals surface area contributed by atoms with Crippen LogP contribution in [0, 0.1) is 6.92 Å².